The third kappa shape index (κ3) is 1.85. The molecule has 0 spiro atoms. The van der Waals surface area contributed by atoms with Crippen molar-refractivity contribution < 1.29 is 5.11 Å². The molecule has 1 aromatic carbocycles. The maximum Gasteiger partial charge on any atom is 0.123 e. The highest BCUT2D eigenvalue weighted by atomic mass is 16.3. The fourth-order valence-corrected chi connectivity index (χ4v) is 2.93. The zero-order valence-electron chi connectivity index (χ0n) is 11.3. The number of nitrogens with two attached hydrogens (primary N) is 1. The lowest BCUT2D eigenvalue weighted by Gasteiger charge is -2.23. The van der Waals surface area contributed by atoms with Gasteiger partial charge in [-0.05, 0) is 41.9 Å². The van der Waals surface area contributed by atoms with Crippen LogP contribution in [-0.2, 0) is 12.8 Å². The van der Waals surface area contributed by atoms with E-state index in [9.17, 15) is 5.11 Å². The van der Waals surface area contributed by atoms with E-state index in [4.69, 9.17) is 5.73 Å². The molecule has 2 rings (SSSR count). The number of fused-ring (bicyclic) bond motifs is 1. The first kappa shape index (κ1) is 12.4. The summed E-state index contributed by atoms with van der Waals surface area (Å²) in [4.78, 5) is 0. The van der Waals surface area contributed by atoms with Gasteiger partial charge in [-0.15, -0.1) is 0 Å². The molecule has 1 aliphatic rings. The van der Waals surface area contributed by atoms with Crippen molar-refractivity contribution in [1.29, 1.82) is 0 Å². The Hall–Kier alpha value is -1.02. The lowest BCUT2D eigenvalue weighted by atomic mass is 9.86. The van der Waals surface area contributed by atoms with Crippen LogP contribution in [0.3, 0.4) is 0 Å². The molecule has 1 aromatic rings. The van der Waals surface area contributed by atoms with E-state index < -0.39 is 0 Å². The maximum atomic E-state index is 10.4. The highest BCUT2D eigenvalue weighted by molar-refractivity contribution is 5.54. The molecule has 0 unspecified atom stereocenters. The first-order valence-corrected chi connectivity index (χ1v) is 6.48. The van der Waals surface area contributed by atoms with Crippen LogP contribution < -0.4 is 5.73 Å². The van der Waals surface area contributed by atoms with Gasteiger partial charge in [0.15, 0.2) is 0 Å². The third-order valence-electron chi connectivity index (χ3n) is 4.06. The smallest absolute Gasteiger partial charge is 0.123 e. The standard InChI is InChI=1S/C15H23NO/c1-5-6-10-7-9(2)11-8-15(3,4)14(16)12(11)13(10)17/h7,14,17H,5-6,8,16H2,1-4H3/t14-/m0/s1. The SMILES string of the molecule is CCCc1cc(C)c2c(c1O)[C@H](N)C(C)(C)C2. The summed E-state index contributed by atoms with van der Waals surface area (Å²) >= 11 is 0. The number of hydrogen-bond donors (Lipinski definition) is 2. The number of hydrogen-bond acceptors (Lipinski definition) is 2. The van der Waals surface area contributed by atoms with Gasteiger partial charge in [0, 0.05) is 11.6 Å². The van der Waals surface area contributed by atoms with E-state index in [1.165, 1.54) is 11.1 Å². The zero-order valence-corrected chi connectivity index (χ0v) is 11.3. The van der Waals surface area contributed by atoms with E-state index in [2.05, 4.69) is 33.8 Å². The first-order valence-electron chi connectivity index (χ1n) is 6.48. The molecule has 0 amide bonds. The number of phenolic OH excluding ortho intramolecular Hbond substituents is 1. The van der Waals surface area contributed by atoms with E-state index in [1.807, 2.05) is 0 Å². The van der Waals surface area contributed by atoms with Crippen molar-refractivity contribution in [2.45, 2.75) is 53.0 Å². The fraction of sp³-hybridized carbons (Fsp3) is 0.600. The van der Waals surface area contributed by atoms with Crippen LogP contribution in [0, 0.1) is 12.3 Å². The topological polar surface area (TPSA) is 46.2 Å². The molecule has 0 radical (unpaired) electrons. The molecule has 3 N–H and O–H groups in total. The highest BCUT2D eigenvalue weighted by Crippen LogP contribution is 2.49. The molecule has 0 aliphatic heterocycles. The van der Waals surface area contributed by atoms with Crippen LogP contribution in [0.15, 0.2) is 6.07 Å². The Bertz CT molecular complexity index is 449. The summed E-state index contributed by atoms with van der Waals surface area (Å²) in [5, 5.41) is 10.4. The number of rotatable bonds is 2. The quantitative estimate of drug-likeness (QED) is 0.823. The average molecular weight is 233 g/mol. The predicted octanol–water partition coefficient (Wildman–Crippen LogP) is 3.24. The van der Waals surface area contributed by atoms with E-state index >= 15 is 0 Å². The molecule has 2 heteroatoms. The minimum atomic E-state index is -0.0481. The minimum absolute atomic E-state index is 0.0481. The predicted molar refractivity (Wildman–Crippen MR) is 71.3 cm³/mol. The summed E-state index contributed by atoms with van der Waals surface area (Å²) in [5.74, 6) is 0.450. The summed E-state index contributed by atoms with van der Waals surface area (Å²) in [7, 11) is 0. The van der Waals surface area contributed by atoms with Gasteiger partial charge >= 0.3 is 0 Å². The molecule has 1 atom stereocenters. The van der Waals surface area contributed by atoms with Crippen LogP contribution in [0.25, 0.3) is 0 Å². The van der Waals surface area contributed by atoms with Gasteiger partial charge in [0.05, 0.1) is 0 Å². The van der Waals surface area contributed by atoms with Crippen molar-refractivity contribution in [1.82, 2.24) is 0 Å². The minimum Gasteiger partial charge on any atom is -0.507 e. The lowest BCUT2D eigenvalue weighted by Crippen LogP contribution is -2.24. The first-order chi connectivity index (χ1) is 7.88. The fourth-order valence-electron chi connectivity index (χ4n) is 2.93. The van der Waals surface area contributed by atoms with Crippen molar-refractivity contribution in [3.63, 3.8) is 0 Å². The molecule has 94 valence electrons. The Morgan fingerprint density at radius 3 is 2.71 bits per heavy atom. The molecule has 0 saturated heterocycles. The summed E-state index contributed by atoms with van der Waals surface area (Å²) in [5.41, 5.74) is 10.9. The van der Waals surface area contributed by atoms with E-state index in [1.54, 1.807) is 0 Å². The Kier molecular flexibility index (Phi) is 2.94. The van der Waals surface area contributed by atoms with Gasteiger partial charge < -0.3 is 10.8 Å². The Balaban J connectivity index is 2.59. The van der Waals surface area contributed by atoms with Crippen molar-refractivity contribution in [3.8, 4) is 5.75 Å². The number of phenols is 1. The molecular formula is C15H23NO. The summed E-state index contributed by atoms with van der Waals surface area (Å²) in [6.07, 6.45) is 2.94. The van der Waals surface area contributed by atoms with E-state index in [0.717, 1.165) is 30.4 Å². The van der Waals surface area contributed by atoms with Gasteiger partial charge in [-0.3, -0.25) is 0 Å². The number of aromatic hydroxyl groups is 1. The van der Waals surface area contributed by atoms with Gasteiger partial charge in [0.2, 0.25) is 0 Å². The van der Waals surface area contributed by atoms with Crippen LogP contribution in [0.5, 0.6) is 5.75 Å². The van der Waals surface area contributed by atoms with Gasteiger partial charge in [-0.2, -0.15) is 0 Å². The number of benzene rings is 1. The summed E-state index contributed by atoms with van der Waals surface area (Å²) < 4.78 is 0. The van der Waals surface area contributed by atoms with Gasteiger partial charge in [-0.1, -0.05) is 33.3 Å². The van der Waals surface area contributed by atoms with E-state index in [-0.39, 0.29) is 11.5 Å². The second-order valence-corrected chi connectivity index (χ2v) is 5.99. The van der Waals surface area contributed by atoms with Crippen LogP contribution in [-0.4, -0.2) is 5.11 Å². The molecule has 0 fully saturated rings. The van der Waals surface area contributed by atoms with Crippen molar-refractivity contribution in [3.05, 3.63) is 28.3 Å². The average Bonchev–Trinajstić information content (AvgIpc) is 2.48. The monoisotopic (exact) mass is 233 g/mol. The van der Waals surface area contributed by atoms with Gasteiger partial charge in [0.25, 0.3) is 0 Å². The molecule has 2 nitrogen and oxygen atoms in total. The van der Waals surface area contributed by atoms with Crippen molar-refractivity contribution in [2.75, 3.05) is 0 Å². The van der Waals surface area contributed by atoms with Crippen LogP contribution in [0.4, 0.5) is 0 Å². The largest absolute Gasteiger partial charge is 0.507 e. The molecule has 0 aromatic heterocycles. The Morgan fingerprint density at radius 2 is 2.12 bits per heavy atom. The molecule has 0 heterocycles. The third-order valence-corrected chi connectivity index (χ3v) is 4.06. The maximum absolute atomic E-state index is 10.4. The zero-order chi connectivity index (χ0) is 12.8. The highest BCUT2D eigenvalue weighted by Gasteiger charge is 2.39. The molecule has 17 heavy (non-hydrogen) atoms. The summed E-state index contributed by atoms with van der Waals surface area (Å²) in [6, 6.07) is 2.08. The second-order valence-electron chi connectivity index (χ2n) is 5.99. The van der Waals surface area contributed by atoms with Crippen LogP contribution >= 0.6 is 0 Å². The summed E-state index contributed by atoms with van der Waals surface area (Å²) in [6.45, 7) is 8.61. The molecule has 0 bridgehead atoms. The molecule has 0 saturated carbocycles. The Labute approximate surface area is 104 Å². The van der Waals surface area contributed by atoms with Gasteiger partial charge in [-0.25, -0.2) is 0 Å². The molecular weight excluding hydrogens is 210 g/mol. The lowest BCUT2D eigenvalue weighted by molar-refractivity contribution is 0.313. The van der Waals surface area contributed by atoms with Crippen LogP contribution in [0.2, 0.25) is 0 Å². The van der Waals surface area contributed by atoms with E-state index in [0.29, 0.717) is 5.75 Å². The Morgan fingerprint density at radius 1 is 1.47 bits per heavy atom. The molecule has 1 aliphatic carbocycles. The number of aryl methyl sites for hydroxylation is 2. The normalized spacial score (nSPS) is 21.6. The van der Waals surface area contributed by atoms with Gasteiger partial charge in [0.1, 0.15) is 5.75 Å². The van der Waals surface area contributed by atoms with Crippen molar-refractivity contribution in [2.24, 2.45) is 11.1 Å². The second kappa shape index (κ2) is 4.02. The van der Waals surface area contributed by atoms with Crippen LogP contribution in [0.1, 0.15) is 55.5 Å². The van der Waals surface area contributed by atoms with Crippen molar-refractivity contribution >= 4 is 0 Å².